The van der Waals surface area contributed by atoms with Gasteiger partial charge in [-0.15, -0.1) is 0 Å². The zero-order valence-corrected chi connectivity index (χ0v) is 20.0. The number of amides is 1. The first-order valence-corrected chi connectivity index (χ1v) is 12.3. The van der Waals surface area contributed by atoms with Crippen LogP contribution in [0.5, 0.6) is 0 Å². The monoisotopic (exact) mass is 517 g/mol. The van der Waals surface area contributed by atoms with Gasteiger partial charge in [0.15, 0.2) is 5.84 Å². The van der Waals surface area contributed by atoms with Crippen molar-refractivity contribution in [2.24, 2.45) is 10.9 Å². The van der Waals surface area contributed by atoms with Crippen LogP contribution < -0.4 is 5.73 Å². The normalized spacial score (nSPS) is 12.8. The molecule has 0 aromatic heterocycles. The van der Waals surface area contributed by atoms with Crippen LogP contribution in [0.2, 0.25) is 5.02 Å². The van der Waals surface area contributed by atoms with E-state index in [1.54, 1.807) is 36.4 Å². The van der Waals surface area contributed by atoms with Crippen LogP contribution in [-0.2, 0) is 16.3 Å². The fourth-order valence-corrected chi connectivity index (χ4v) is 4.91. The van der Waals surface area contributed by atoms with E-state index in [0.29, 0.717) is 17.0 Å². The topological polar surface area (TPSA) is 154 Å². The van der Waals surface area contributed by atoms with Crippen LogP contribution in [0, 0.1) is 0 Å². The van der Waals surface area contributed by atoms with Gasteiger partial charge in [0.05, 0.1) is 22.4 Å². The molecule has 1 atom stereocenters. The average Bonchev–Trinajstić information content (AvgIpc) is 2.86. The number of sulfone groups is 1. The Labute approximate surface area is 207 Å². The van der Waals surface area contributed by atoms with Gasteiger partial charge in [0.2, 0.25) is 9.84 Å². The molecule has 1 amide bonds. The number of oxime groups is 1. The third kappa shape index (κ3) is 6.50. The molecule has 184 valence electrons. The highest BCUT2D eigenvalue weighted by atomic mass is 35.5. The standard InChI is InChI=1S/C24H24ClN3O6S/c25-19-5-1-3-17(13-19)22(29)15-28(24(30)31)12-11-16-7-9-20(10-8-16)35(33,34)21-6-2-4-18(14-21)23(26)27-32/h1-10,13-14,22,29,32H,11-12,15H2,(H2,26,27)(H,30,31)/t22-/m0/s1. The third-order valence-corrected chi connectivity index (χ3v) is 7.35. The molecule has 0 fully saturated rings. The first kappa shape index (κ1) is 26.0. The summed E-state index contributed by atoms with van der Waals surface area (Å²) in [5.74, 6) is -0.208. The molecule has 0 aliphatic heterocycles. The number of hydrogen-bond donors (Lipinski definition) is 4. The van der Waals surface area contributed by atoms with Crippen LogP contribution in [-0.4, -0.2) is 53.8 Å². The zero-order chi connectivity index (χ0) is 25.6. The average molecular weight is 518 g/mol. The van der Waals surface area contributed by atoms with Crippen molar-refractivity contribution < 1.29 is 28.6 Å². The van der Waals surface area contributed by atoms with E-state index in [-0.39, 0.29) is 34.3 Å². The lowest BCUT2D eigenvalue weighted by Gasteiger charge is -2.23. The minimum absolute atomic E-state index is 0.0126. The van der Waals surface area contributed by atoms with Gasteiger partial charge < -0.3 is 26.1 Å². The molecule has 0 unspecified atom stereocenters. The quantitative estimate of drug-likeness (QED) is 0.146. The van der Waals surface area contributed by atoms with Crippen LogP contribution in [0.3, 0.4) is 0 Å². The lowest BCUT2D eigenvalue weighted by Crippen LogP contribution is -2.35. The summed E-state index contributed by atoms with van der Waals surface area (Å²) in [5, 5.41) is 32.1. The number of halogens is 1. The molecule has 0 bridgehead atoms. The van der Waals surface area contributed by atoms with Gasteiger partial charge in [-0.25, -0.2) is 13.2 Å². The van der Waals surface area contributed by atoms with Gasteiger partial charge in [-0.1, -0.05) is 53.2 Å². The predicted molar refractivity (Wildman–Crippen MR) is 131 cm³/mol. The number of nitrogens with two attached hydrogens (primary N) is 1. The number of amidine groups is 1. The number of carbonyl (C=O) groups is 1. The molecule has 3 rings (SSSR count). The Hall–Kier alpha value is -3.60. The van der Waals surface area contributed by atoms with Crippen molar-refractivity contribution in [3.8, 4) is 0 Å². The van der Waals surface area contributed by atoms with Crippen LogP contribution in [0.15, 0.2) is 87.7 Å². The van der Waals surface area contributed by atoms with Crippen LogP contribution in [0.1, 0.15) is 22.8 Å². The van der Waals surface area contributed by atoms with Gasteiger partial charge in [0.1, 0.15) is 0 Å². The highest BCUT2D eigenvalue weighted by molar-refractivity contribution is 7.91. The van der Waals surface area contributed by atoms with Gasteiger partial charge >= 0.3 is 6.09 Å². The Bertz CT molecular complexity index is 1330. The SMILES string of the molecule is N/C(=N/O)c1cccc(S(=O)(=O)c2ccc(CCN(C[C@H](O)c3cccc(Cl)c3)C(=O)O)cc2)c1. The highest BCUT2D eigenvalue weighted by Gasteiger charge is 2.20. The summed E-state index contributed by atoms with van der Waals surface area (Å²) >= 11 is 5.94. The second-order valence-corrected chi connectivity index (χ2v) is 10.1. The van der Waals surface area contributed by atoms with Crippen molar-refractivity contribution in [1.29, 1.82) is 0 Å². The van der Waals surface area contributed by atoms with E-state index in [0.717, 1.165) is 10.5 Å². The first-order chi connectivity index (χ1) is 16.6. The predicted octanol–water partition coefficient (Wildman–Crippen LogP) is 3.52. The molecular weight excluding hydrogens is 494 g/mol. The van der Waals surface area contributed by atoms with Crippen molar-refractivity contribution in [3.05, 3.63) is 94.5 Å². The van der Waals surface area contributed by atoms with Crippen LogP contribution in [0.25, 0.3) is 0 Å². The van der Waals surface area contributed by atoms with Gasteiger partial charge in [-0.2, -0.15) is 0 Å². The van der Waals surface area contributed by atoms with Crippen molar-refractivity contribution in [1.82, 2.24) is 4.90 Å². The molecule has 0 heterocycles. The lowest BCUT2D eigenvalue weighted by molar-refractivity contribution is 0.0973. The molecule has 11 heteroatoms. The maximum atomic E-state index is 13.0. The lowest BCUT2D eigenvalue weighted by atomic mass is 10.1. The van der Waals surface area contributed by atoms with E-state index in [1.165, 1.54) is 36.4 Å². The van der Waals surface area contributed by atoms with Crippen molar-refractivity contribution in [2.75, 3.05) is 13.1 Å². The fourth-order valence-electron chi connectivity index (χ4n) is 3.41. The summed E-state index contributed by atoms with van der Waals surface area (Å²) in [7, 11) is -3.86. The molecule has 35 heavy (non-hydrogen) atoms. The number of carboxylic acid groups (broad SMARTS) is 1. The van der Waals surface area contributed by atoms with Crippen LogP contribution >= 0.6 is 11.6 Å². The Balaban J connectivity index is 1.69. The van der Waals surface area contributed by atoms with E-state index >= 15 is 0 Å². The van der Waals surface area contributed by atoms with Gasteiger partial charge in [0, 0.05) is 17.1 Å². The highest BCUT2D eigenvalue weighted by Crippen LogP contribution is 2.23. The maximum absolute atomic E-state index is 13.0. The maximum Gasteiger partial charge on any atom is 0.407 e. The van der Waals surface area contributed by atoms with Gasteiger partial charge in [-0.05, 0) is 53.9 Å². The fraction of sp³-hybridized carbons (Fsp3) is 0.167. The summed E-state index contributed by atoms with van der Waals surface area (Å²) in [6.07, 6.45) is -1.91. The number of rotatable bonds is 9. The smallest absolute Gasteiger partial charge is 0.407 e. The number of hydrogen-bond acceptors (Lipinski definition) is 6. The molecule has 0 saturated heterocycles. The Kier molecular flexibility index (Phi) is 8.34. The number of aliphatic hydroxyl groups excluding tert-OH is 1. The number of nitrogens with zero attached hydrogens (tertiary/aromatic N) is 2. The molecule has 0 spiro atoms. The summed E-state index contributed by atoms with van der Waals surface area (Å²) in [5.41, 5.74) is 7.04. The second-order valence-electron chi connectivity index (χ2n) is 7.71. The number of aliphatic hydroxyl groups is 1. The minimum atomic E-state index is -3.86. The van der Waals surface area contributed by atoms with Crippen molar-refractivity contribution in [2.45, 2.75) is 22.3 Å². The minimum Gasteiger partial charge on any atom is -0.465 e. The second kappa shape index (κ2) is 11.2. The van der Waals surface area contributed by atoms with Crippen molar-refractivity contribution >= 4 is 33.4 Å². The molecule has 5 N–H and O–H groups in total. The van der Waals surface area contributed by atoms with Gasteiger partial charge in [0.25, 0.3) is 0 Å². The molecule has 0 aliphatic carbocycles. The van der Waals surface area contributed by atoms with E-state index in [4.69, 9.17) is 22.5 Å². The molecule has 0 aliphatic rings. The largest absolute Gasteiger partial charge is 0.465 e. The molecule has 3 aromatic rings. The Morgan fingerprint density at radius 2 is 1.71 bits per heavy atom. The van der Waals surface area contributed by atoms with E-state index in [2.05, 4.69) is 5.16 Å². The molecular formula is C24H24ClN3O6S. The summed E-state index contributed by atoms with van der Waals surface area (Å²) < 4.78 is 26.0. The van der Waals surface area contributed by atoms with E-state index < -0.39 is 22.0 Å². The summed E-state index contributed by atoms with van der Waals surface area (Å²) in [6.45, 7) is -0.0420. The Morgan fingerprint density at radius 3 is 2.34 bits per heavy atom. The molecule has 9 nitrogen and oxygen atoms in total. The Morgan fingerprint density at radius 1 is 1.03 bits per heavy atom. The van der Waals surface area contributed by atoms with Gasteiger partial charge in [-0.3, -0.25) is 0 Å². The first-order valence-electron chi connectivity index (χ1n) is 10.4. The summed E-state index contributed by atoms with van der Waals surface area (Å²) in [6, 6.07) is 18.4. The van der Waals surface area contributed by atoms with E-state index in [9.17, 15) is 23.4 Å². The van der Waals surface area contributed by atoms with Crippen LogP contribution in [0.4, 0.5) is 4.79 Å². The number of benzene rings is 3. The van der Waals surface area contributed by atoms with E-state index in [1.807, 2.05) is 0 Å². The van der Waals surface area contributed by atoms with Crippen molar-refractivity contribution in [3.63, 3.8) is 0 Å². The summed E-state index contributed by atoms with van der Waals surface area (Å²) in [4.78, 5) is 12.8. The molecule has 0 saturated carbocycles. The zero-order valence-electron chi connectivity index (χ0n) is 18.5. The molecule has 3 aromatic carbocycles. The molecule has 0 radical (unpaired) electrons. The third-order valence-electron chi connectivity index (χ3n) is 5.35.